The van der Waals surface area contributed by atoms with Crippen molar-refractivity contribution in [3.05, 3.63) is 57.6 Å². The van der Waals surface area contributed by atoms with Crippen LogP contribution in [-0.2, 0) is 37.2 Å². The molecule has 0 saturated heterocycles. The minimum Gasteiger partial charge on any atom is -0.550 e. The number of aliphatic imine (C=N–C) groups is 2. The molecule has 0 aliphatic carbocycles. The van der Waals surface area contributed by atoms with Crippen molar-refractivity contribution in [1.29, 1.82) is 0 Å². The Morgan fingerprint density at radius 2 is 1.00 bits per heavy atom. The van der Waals surface area contributed by atoms with E-state index in [4.69, 9.17) is 19.8 Å². The van der Waals surface area contributed by atoms with Crippen LogP contribution in [0.5, 0.6) is 11.5 Å². The number of hydrogen-bond donors (Lipinski definition) is 2. The zero-order chi connectivity index (χ0) is 29.1. The molecule has 0 aromatic heterocycles. The van der Waals surface area contributed by atoms with E-state index in [0.717, 1.165) is 36.1 Å². The molecule has 0 aliphatic rings. The number of carboxylic acid groups (broad SMARTS) is 2. The Morgan fingerprint density at radius 1 is 0.737 bits per heavy atom. The Bertz CT molecular complexity index is 1050. The van der Waals surface area contributed by atoms with Gasteiger partial charge < -0.3 is 30.0 Å². The maximum atomic E-state index is 10.3. The summed E-state index contributed by atoms with van der Waals surface area (Å²) in [5.41, 5.74) is 5.34. The molecule has 0 aliphatic heterocycles. The fraction of sp³-hybridized carbons (Fsp3) is 0.448. The summed E-state index contributed by atoms with van der Waals surface area (Å²) < 4.78 is 0. The first-order valence-electron chi connectivity index (χ1n) is 11.8. The van der Waals surface area contributed by atoms with Gasteiger partial charge in [0, 0.05) is 35.5 Å². The zero-order valence-electron chi connectivity index (χ0n) is 23.9. The summed E-state index contributed by atoms with van der Waals surface area (Å²) in [6.45, 7) is 18.8. The summed E-state index contributed by atoms with van der Waals surface area (Å²) in [5.74, 6) is -1.67. The molecule has 1 radical (unpaired) electrons. The van der Waals surface area contributed by atoms with Crippen molar-refractivity contribution in [3.63, 3.8) is 0 Å². The summed E-state index contributed by atoms with van der Waals surface area (Å²) in [7, 11) is 0. The second-order valence-electron chi connectivity index (χ2n) is 10.7. The van der Waals surface area contributed by atoms with Crippen molar-refractivity contribution >= 4 is 24.4 Å². The van der Waals surface area contributed by atoms with Crippen molar-refractivity contribution < 1.29 is 46.8 Å². The molecule has 0 bridgehead atoms. The quantitative estimate of drug-likeness (QED) is 0.539. The molecule has 9 heteroatoms. The van der Waals surface area contributed by atoms with Gasteiger partial charge in [0.05, 0.1) is 0 Å². The maximum absolute atomic E-state index is 10.3. The number of aryl methyl sites for hydroxylation is 2. The van der Waals surface area contributed by atoms with E-state index >= 15 is 0 Å². The van der Waals surface area contributed by atoms with Gasteiger partial charge in [0.2, 0.25) is 0 Å². The third kappa shape index (κ3) is 13.9. The average Bonchev–Trinajstić information content (AvgIpc) is 2.71. The summed E-state index contributed by atoms with van der Waals surface area (Å²) >= 11 is 0. The van der Waals surface area contributed by atoms with Crippen LogP contribution in [0.15, 0.2) is 34.3 Å². The average molecular weight is 572 g/mol. The number of phenolic OH excluding ortho intramolecular Hbond substituents is 2. The second-order valence-corrected chi connectivity index (χ2v) is 10.7. The molecule has 0 amide bonds. The first-order chi connectivity index (χ1) is 16.8. The molecule has 0 atom stereocenters. The van der Waals surface area contributed by atoms with E-state index in [0.29, 0.717) is 11.1 Å². The number of nitrogens with zero attached hydrogens (tertiary/aromatic N) is 2. The number of carbonyl (C=O) groups excluding carboxylic acids is 2. The van der Waals surface area contributed by atoms with Gasteiger partial charge in [-0.2, -0.15) is 0 Å². The monoisotopic (exact) mass is 571 g/mol. The van der Waals surface area contributed by atoms with E-state index in [9.17, 15) is 10.2 Å². The zero-order valence-corrected chi connectivity index (χ0v) is 25.0. The molecule has 0 saturated carbocycles. The molecule has 0 fully saturated rings. The maximum Gasteiger partial charge on any atom is 2.00 e. The Hall–Kier alpha value is -3.17. The molecule has 2 rings (SSSR count). The minimum absolute atomic E-state index is 0. The second kappa shape index (κ2) is 15.9. The van der Waals surface area contributed by atoms with Crippen LogP contribution >= 0.6 is 0 Å². The van der Waals surface area contributed by atoms with Gasteiger partial charge in [-0.3, -0.25) is 9.98 Å². The third-order valence-electron chi connectivity index (χ3n) is 5.02. The molecule has 0 spiro atoms. The van der Waals surface area contributed by atoms with E-state index < -0.39 is 11.9 Å². The van der Waals surface area contributed by atoms with E-state index in [1.807, 2.05) is 38.1 Å². The first kappa shape index (κ1) is 37.0. The molecule has 38 heavy (non-hydrogen) atoms. The van der Waals surface area contributed by atoms with Crippen molar-refractivity contribution in [3.8, 4) is 11.5 Å². The number of carboxylic acids is 2. The number of rotatable bonds is 4. The van der Waals surface area contributed by atoms with Gasteiger partial charge in [-0.1, -0.05) is 53.7 Å². The number of carbonyl (C=O) groups is 2. The third-order valence-corrected chi connectivity index (χ3v) is 5.02. The molecule has 8 nitrogen and oxygen atoms in total. The molecular weight excluding hydrogens is 531 g/mol. The van der Waals surface area contributed by atoms with E-state index in [2.05, 4.69) is 51.5 Å². The molecule has 2 aromatic rings. The summed E-state index contributed by atoms with van der Waals surface area (Å²) in [4.78, 5) is 26.5. The fourth-order valence-corrected chi connectivity index (χ4v) is 3.00. The van der Waals surface area contributed by atoms with Crippen molar-refractivity contribution in [1.82, 2.24) is 0 Å². The number of aromatic hydroxyl groups is 2. The minimum atomic E-state index is -1.08. The SMILES string of the molecule is CC(=O)[O-].CC(=O)[O-].Cc1cc(C(C)(C)C)cc(C=NCN=Cc2cc(C(C)(C)C)cc(C)c2O)c1O.[Co+2]. The number of benzene rings is 2. The van der Waals surface area contributed by atoms with Crippen LogP contribution in [0.25, 0.3) is 0 Å². The van der Waals surface area contributed by atoms with Crippen molar-refractivity contribution in [2.45, 2.75) is 80.1 Å². The molecular formula is C29H40CoN2O6. The van der Waals surface area contributed by atoms with Crippen LogP contribution in [0.3, 0.4) is 0 Å². The largest absolute Gasteiger partial charge is 2.00 e. The normalized spacial score (nSPS) is 11.2. The van der Waals surface area contributed by atoms with Gasteiger partial charge in [0.25, 0.3) is 0 Å². The predicted molar refractivity (Wildman–Crippen MR) is 145 cm³/mol. The molecule has 211 valence electrons. The number of aliphatic carboxylic acids is 2. The van der Waals surface area contributed by atoms with Crippen molar-refractivity contribution in [2.75, 3.05) is 6.67 Å². The van der Waals surface area contributed by atoms with E-state index in [-0.39, 0.29) is 45.8 Å². The van der Waals surface area contributed by atoms with E-state index in [1.54, 1.807) is 12.4 Å². The van der Waals surface area contributed by atoms with Crippen molar-refractivity contribution in [2.24, 2.45) is 9.98 Å². The molecule has 2 N–H and O–H groups in total. The van der Waals surface area contributed by atoms with Gasteiger partial charge in [-0.05, 0) is 72.9 Å². The number of hydrogen-bond acceptors (Lipinski definition) is 8. The topological polar surface area (TPSA) is 145 Å². The molecule has 0 unspecified atom stereocenters. The standard InChI is InChI=1S/C25H34N2O2.2C2H4O2.Co/c1-16-9-20(24(3,4)5)11-18(22(16)28)13-26-15-27-14-19-12-21(25(6,7)8)10-17(2)23(19)29;2*1-2(3)4;/h9-14,28-29H,15H2,1-8H3;2*1H3,(H,3,4);/q;;;+2/p-2. The summed E-state index contributed by atoms with van der Waals surface area (Å²) in [6.07, 6.45) is 3.32. The van der Waals surface area contributed by atoms with E-state index in [1.165, 1.54) is 0 Å². The smallest absolute Gasteiger partial charge is 0.550 e. The van der Waals surface area contributed by atoms with Crippen LogP contribution in [-0.4, -0.2) is 41.2 Å². The molecule has 0 heterocycles. The summed E-state index contributed by atoms with van der Waals surface area (Å²) in [5, 5.41) is 38.4. The Labute approximate surface area is 236 Å². The van der Waals surface area contributed by atoms with Crippen LogP contribution < -0.4 is 10.2 Å². The van der Waals surface area contributed by atoms with Gasteiger partial charge in [-0.15, -0.1) is 0 Å². The Balaban J connectivity index is 0. The first-order valence-corrected chi connectivity index (χ1v) is 11.8. The number of phenols is 2. The predicted octanol–water partition coefficient (Wildman–Crippen LogP) is 3.32. The van der Waals surface area contributed by atoms with Gasteiger partial charge >= 0.3 is 16.8 Å². The van der Waals surface area contributed by atoms with Crippen LogP contribution in [0, 0.1) is 13.8 Å². The Kier molecular flexibility index (Phi) is 15.5. The van der Waals surface area contributed by atoms with Gasteiger partial charge in [0.1, 0.15) is 18.2 Å². The van der Waals surface area contributed by atoms with Gasteiger partial charge in [-0.25, -0.2) is 0 Å². The fourth-order valence-electron chi connectivity index (χ4n) is 3.00. The van der Waals surface area contributed by atoms with Crippen LogP contribution in [0.2, 0.25) is 0 Å². The Morgan fingerprint density at radius 3 is 1.24 bits per heavy atom. The van der Waals surface area contributed by atoms with Crippen LogP contribution in [0.4, 0.5) is 0 Å². The van der Waals surface area contributed by atoms with Crippen LogP contribution in [0.1, 0.15) is 88.8 Å². The van der Waals surface area contributed by atoms with Gasteiger partial charge in [0.15, 0.2) is 0 Å². The summed E-state index contributed by atoms with van der Waals surface area (Å²) in [6, 6.07) is 7.96. The molecule has 2 aromatic carbocycles.